The molecule has 0 fully saturated rings. The van der Waals surface area contributed by atoms with Gasteiger partial charge in [0.1, 0.15) is 0 Å². The van der Waals surface area contributed by atoms with Crippen molar-refractivity contribution < 1.29 is 47.6 Å². The third kappa shape index (κ3) is 22.1. The van der Waals surface area contributed by atoms with Gasteiger partial charge in [-0.25, -0.2) is 8.42 Å². The molecule has 0 heterocycles. The minimum Gasteiger partial charge on any atom is -0.748 e. The van der Waals surface area contributed by atoms with Crippen LogP contribution >= 0.6 is 0 Å². The van der Waals surface area contributed by atoms with Crippen molar-refractivity contribution in [2.75, 3.05) is 0 Å². The number of unbranched alkanes of at least 4 members (excludes halogenated alkanes) is 13. The zero-order valence-corrected chi connectivity index (χ0v) is 23.2. The Bertz CT molecular complexity index is 442. The van der Waals surface area contributed by atoms with Crippen LogP contribution in [0.15, 0.2) is 0 Å². The largest absolute Gasteiger partial charge is 1.00 e. The Labute approximate surface area is 210 Å². The summed E-state index contributed by atoms with van der Waals surface area (Å²) < 4.78 is 33.6. The molecule has 0 rings (SSSR count). The zero-order chi connectivity index (χ0) is 21.8. The van der Waals surface area contributed by atoms with Gasteiger partial charge in [0.15, 0.2) is 0 Å². The quantitative estimate of drug-likeness (QED) is 0.151. The van der Waals surface area contributed by atoms with Crippen LogP contribution in [-0.4, -0.2) is 29.4 Å². The molecule has 0 spiro atoms. The van der Waals surface area contributed by atoms with Gasteiger partial charge in [0.05, 0.1) is 16.2 Å². The minimum atomic E-state index is -4.15. The van der Waals surface area contributed by atoms with E-state index in [0.717, 1.165) is 51.4 Å². The van der Waals surface area contributed by atoms with Gasteiger partial charge in [0, 0.05) is 5.25 Å². The molecule has 0 aromatic heterocycles. The summed E-state index contributed by atoms with van der Waals surface area (Å²) in [7, 11) is -4.15. The van der Waals surface area contributed by atoms with Crippen LogP contribution in [0.25, 0.3) is 0 Å². The van der Waals surface area contributed by atoms with Crippen molar-refractivity contribution >= 4 is 10.1 Å². The molecule has 0 aromatic rings. The second-order valence-electron chi connectivity index (χ2n) is 8.87. The summed E-state index contributed by atoms with van der Waals surface area (Å²) in [6.45, 7) is 4.17. The average Bonchev–Trinajstić information content (AvgIpc) is 2.67. The SMILES string of the molecule is CCCCCCCCCCCCCC(O)CCCCCCC(CCC)S(=O)(=O)[O-].[Na+]. The molecule has 2 unspecified atom stereocenters. The van der Waals surface area contributed by atoms with Crippen LogP contribution in [0.3, 0.4) is 0 Å². The van der Waals surface area contributed by atoms with E-state index in [4.69, 9.17) is 0 Å². The number of aliphatic hydroxyl groups is 1. The van der Waals surface area contributed by atoms with E-state index in [2.05, 4.69) is 6.92 Å². The van der Waals surface area contributed by atoms with Gasteiger partial charge in [-0.1, -0.05) is 117 Å². The maximum atomic E-state index is 11.2. The molecule has 0 aliphatic carbocycles. The zero-order valence-electron chi connectivity index (χ0n) is 20.4. The fourth-order valence-corrected chi connectivity index (χ4v) is 5.03. The summed E-state index contributed by atoms with van der Waals surface area (Å²) in [6, 6.07) is 0. The fourth-order valence-electron chi connectivity index (χ4n) is 4.05. The average molecular weight is 457 g/mol. The van der Waals surface area contributed by atoms with Crippen LogP contribution in [0.4, 0.5) is 0 Å². The molecule has 2 atom stereocenters. The van der Waals surface area contributed by atoms with Crippen molar-refractivity contribution in [1.82, 2.24) is 0 Å². The molecule has 0 amide bonds. The maximum Gasteiger partial charge on any atom is 1.00 e. The predicted molar refractivity (Wildman–Crippen MR) is 123 cm³/mol. The predicted octanol–water partition coefficient (Wildman–Crippen LogP) is 4.11. The Morgan fingerprint density at radius 2 is 0.967 bits per heavy atom. The molecule has 0 aromatic carbocycles. The van der Waals surface area contributed by atoms with Gasteiger partial charge in [0.25, 0.3) is 0 Å². The second kappa shape index (κ2) is 23.0. The fraction of sp³-hybridized carbons (Fsp3) is 1.00. The normalized spacial score (nSPS) is 13.7. The Balaban J connectivity index is 0. The maximum absolute atomic E-state index is 11.2. The Hall–Kier alpha value is 0.870. The van der Waals surface area contributed by atoms with E-state index < -0.39 is 15.4 Å². The first kappa shape index (κ1) is 33.0. The third-order valence-corrected chi connectivity index (χ3v) is 7.26. The van der Waals surface area contributed by atoms with Crippen LogP contribution in [0.2, 0.25) is 0 Å². The first-order chi connectivity index (χ1) is 13.9. The molecular formula is C24H49NaO4S. The van der Waals surface area contributed by atoms with E-state index in [-0.39, 0.29) is 35.7 Å². The van der Waals surface area contributed by atoms with Gasteiger partial charge < -0.3 is 9.66 Å². The summed E-state index contributed by atoms with van der Waals surface area (Å²) in [5.74, 6) is 0. The van der Waals surface area contributed by atoms with Crippen LogP contribution in [0.5, 0.6) is 0 Å². The van der Waals surface area contributed by atoms with Crippen LogP contribution in [0, 0.1) is 0 Å². The van der Waals surface area contributed by atoms with Crippen LogP contribution < -0.4 is 29.6 Å². The number of rotatable bonds is 22. The van der Waals surface area contributed by atoms with Crippen molar-refractivity contribution in [3.8, 4) is 0 Å². The second-order valence-corrected chi connectivity index (χ2v) is 10.5. The topological polar surface area (TPSA) is 77.4 Å². The summed E-state index contributed by atoms with van der Waals surface area (Å²) in [5, 5.41) is 9.38. The van der Waals surface area contributed by atoms with Crippen LogP contribution in [-0.2, 0) is 10.1 Å². The number of hydrogen-bond donors (Lipinski definition) is 1. The third-order valence-electron chi connectivity index (χ3n) is 5.97. The summed E-state index contributed by atoms with van der Waals surface area (Å²) in [4.78, 5) is 0. The molecule has 6 heteroatoms. The van der Waals surface area contributed by atoms with E-state index in [0.29, 0.717) is 12.8 Å². The van der Waals surface area contributed by atoms with Gasteiger partial charge in [0.2, 0.25) is 0 Å². The van der Waals surface area contributed by atoms with Gasteiger partial charge >= 0.3 is 29.6 Å². The van der Waals surface area contributed by atoms with Gasteiger partial charge in [-0.2, -0.15) is 0 Å². The molecule has 0 radical (unpaired) electrons. The Morgan fingerprint density at radius 3 is 1.33 bits per heavy atom. The number of aliphatic hydroxyl groups excluding tert-OH is 1. The van der Waals surface area contributed by atoms with E-state index in [1.807, 2.05) is 6.92 Å². The van der Waals surface area contributed by atoms with E-state index in [1.54, 1.807) is 0 Å². The van der Waals surface area contributed by atoms with Gasteiger partial charge in [-0.3, -0.25) is 0 Å². The van der Waals surface area contributed by atoms with Crippen molar-refractivity contribution in [1.29, 1.82) is 0 Å². The number of hydrogen-bond acceptors (Lipinski definition) is 4. The Kier molecular flexibility index (Phi) is 25.4. The molecule has 0 saturated heterocycles. The first-order valence-electron chi connectivity index (χ1n) is 12.5. The molecule has 0 aliphatic rings. The molecule has 30 heavy (non-hydrogen) atoms. The molecule has 0 aliphatic heterocycles. The van der Waals surface area contributed by atoms with Crippen molar-refractivity contribution in [2.45, 2.75) is 154 Å². The van der Waals surface area contributed by atoms with Gasteiger partial charge in [-0.15, -0.1) is 0 Å². The van der Waals surface area contributed by atoms with Crippen LogP contribution in [0.1, 0.15) is 142 Å². The molecular weight excluding hydrogens is 407 g/mol. The molecule has 4 nitrogen and oxygen atoms in total. The summed E-state index contributed by atoms with van der Waals surface area (Å²) in [5.41, 5.74) is 0. The minimum absolute atomic E-state index is 0. The smallest absolute Gasteiger partial charge is 0.748 e. The molecule has 0 saturated carbocycles. The monoisotopic (exact) mass is 456 g/mol. The van der Waals surface area contributed by atoms with E-state index in [9.17, 15) is 18.1 Å². The van der Waals surface area contributed by atoms with Gasteiger partial charge in [-0.05, 0) is 25.7 Å². The van der Waals surface area contributed by atoms with E-state index in [1.165, 1.54) is 64.2 Å². The van der Waals surface area contributed by atoms with Crippen molar-refractivity contribution in [2.24, 2.45) is 0 Å². The Morgan fingerprint density at radius 1 is 0.600 bits per heavy atom. The van der Waals surface area contributed by atoms with Crippen molar-refractivity contribution in [3.63, 3.8) is 0 Å². The summed E-state index contributed by atoms with van der Waals surface area (Å²) >= 11 is 0. The summed E-state index contributed by atoms with van der Waals surface area (Å²) in [6.07, 6.45) is 21.6. The first-order valence-corrected chi connectivity index (χ1v) is 14.0. The molecule has 176 valence electrons. The van der Waals surface area contributed by atoms with Crippen molar-refractivity contribution in [3.05, 3.63) is 0 Å². The van der Waals surface area contributed by atoms with E-state index >= 15 is 0 Å². The molecule has 1 N–H and O–H groups in total. The molecule has 0 bridgehead atoms. The standard InChI is InChI=1S/C24H50O4S.Na/c1-3-5-6-7-8-9-10-11-12-13-16-20-23(25)21-17-14-15-18-22-24(19-4-2)29(26,27)28;/h23-25H,3-22H2,1-2H3,(H,26,27,28);/q;+1/p-1.